The molecule has 4 aliphatic carbocycles. The first kappa shape index (κ1) is 11.1. The van der Waals surface area contributed by atoms with Crippen LogP contribution >= 0.6 is 0 Å². The molecule has 0 atom stereocenters. The monoisotopic (exact) mass is 222 g/mol. The van der Waals surface area contributed by atoms with E-state index in [1.54, 1.807) is 0 Å². The molecule has 0 heterocycles. The number of quaternary nitrogens is 1. The minimum atomic E-state index is 0.668. The normalized spacial score (nSPS) is 59.2. The van der Waals surface area contributed by atoms with Gasteiger partial charge in [-0.3, -0.25) is 0 Å². The zero-order valence-corrected chi connectivity index (χ0v) is 11.5. The van der Waals surface area contributed by atoms with Gasteiger partial charge in [-0.05, 0) is 54.8 Å². The molecular weight excluding hydrogens is 194 g/mol. The average molecular weight is 222 g/mol. The Balaban J connectivity index is 2.00. The SMILES string of the molecule is C[NH2+]CC12CC3(C)CC(C)(CC(C)(C3)C1)C2. The van der Waals surface area contributed by atoms with Crippen LogP contribution in [0.2, 0.25) is 0 Å². The van der Waals surface area contributed by atoms with E-state index in [-0.39, 0.29) is 0 Å². The highest BCUT2D eigenvalue weighted by atomic mass is 14.9. The van der Waals surface area contributed by atoms with E-state index >= 15 is 0 Å². The van der Waals surface area contributed by atoms with Crippen molar-refractivity contribution in [3.8, 4) is 0 Å². The summed E-state index contributed by atoms with van der Waals surface area (Å²) < 4.78 is 0. The van der Waals surface area contributed by atoms with Gasteiger partial charge in [0.05, 0.1) is 13.6 Å². The Hall–Kier alpha value is -0.0400. The molecule has 0 amide bonds. The van der Waals surface area contributed by atoms with Crippen molar-refractivity contribution in [1.29, 1.82) is 0 Å². The molecule has 4 aliphatic rings. The van der Waals surface area contributed by atoms with Crippen LogP contribution in [0.5, 0.6) is 0 Å². The number of rotatable bonds is 2. The second-order valence-electron chi connectivity index (χ2n) is 8.61. The summed E-state index contributed by atoms with van der Waals surface area (Å²) in [6.07, 6.45) is 9.03. The number of nitrogens with two attached hydrogens (primary N) is 1. The second-order valence-corrected chi connectivity index (χ2v) is 8.61. The molecule has 0 saturated heterocycles. The van der Waals surface area contributed by atoms with Gasteiger partial charge in [-0.1, -0.05) is 20.8 Å². The molecule has 0 spiro atoms. The van der Waals surface area contributed by atoms with Crippen molar-refractivity contribution in [3.63, 3.8) is 0 Å². The van der Waals surface area contributed by atoms with Gasteiger partial charge in [0.1, 0.15) is 0 Å². The predicted octanol–water partition coefficient (Wildman–Crippen LogP) is 2.57. The zero-order valence-electron chi connectivity index (χ0n) is 11.5. The van der Waals surface area contributed by atoms with E-state index in [1.807, 2.05) is 0 Å². The van der Waals surface area contributed by atoms with Crippen LogP contribution in [0.4, 0.5) is 0 Å². The van der Waals surface area contributed by atoms with Gasteiger partial charge in [0.15, 0.2) is 0 Å². The van der Waals surface area contributed by atoms with Gasteiger partial charge in [0.2, 0.25) is 0 Å². The van der Waals surface area contributed by atoms with E-state index in [0.29, 0.717) is 21.7 Å². The lowest BCUT2D eigenvalue weighted by molar-refractivity contribution is -0.644. The fourth-order valence-electron chi connectivity index (χ4n) is 7.21. The van der Waals surface area contributed by atoms with Crippen molar-refractivity contribution < 1.29 is 5.32 Å². The average Bonchev–Trinajstić information content (AvgIpc) is 1.91. The van der Waals surface area contributed by atoms with Crippen LogP contribution in [-0.2, 0) is 0 Å². The number of hydrogen-bond acceptors (Lipinski definition) is 0. The van der Waals surface area contributed by atoms with E-state index in [9.17, 15) is 0 Å². The second kappa shape index (κ2) is 2.85. The highest BCUT2D eigenvalue weighted by molar-refractivity contribution is 5.13. The maximum Gasteiger partial charge on any atom is 0.0810 e. The molecule has 4 saturated carbocycles. The van der Waals surface area contributed by atoms with Crippen LogP contribution in [0.15, 0.2) is 0 Å². The molecular formula is C15H28N+. The van der Waals surface area contributed by atoms with Crippen molar-refractivity contribution in [2.24, 2.45) is 21.7 Å². The first-order chi connectivity index (χ1) is 7.30. The van der Waals surface area contributed by atoms with Gasteiger partial charge in [0, 0.05) is 5.41 Å². The van der Waals surface area contributed by atoms with Gasteiger partial charge in [-0.25, -0.2) is 0 Å². The summed E-state index contributed by atoms with van der Waals surface area (Å²) in [6, 6.07) is 0. The molecule has 0 aromatic rings. The Morgan fingerprint density at radius 3 is 1.44 bits per heavy atom. The summed E-state index contributed by atoms with van der Waals surface area (Å²) in [7, 11) is 2.26. The minimum Gasteiger partial charge on any atom is -0.348 e. The summed E-state index contributed by atoms with van der Waals surface area (Å²) in [5, 5.41) is 2.43. The Labute approximate surface area is 100 Å². The standard InChI is InChI=1S/C15H27N/c1-12-5-13(2)7-14(3,6-12)10-15(8-12,9-13)11-16-4/h16H,5-11H2,1-4H3/p+1. The van der Waals surface area contributed by atoms with Crippen molar-refractivity contribution in [1.82, 2.24) is 0 Å². The predicted molar refractivity (Wildman–Crippen MR) is 67.2 cm³/mol. The summed E-state index contributed by atoms with van der Waals surface area (Å²) in [5.74, 6) is 0. The third-order valence-electron chi connectivity index (χ3n) is 5.60. The fraction of sp³-hybridized carbons (Fsp3) is 1.00. The third kappa shape index (κ3) is 1.47. The zero-order chi connectivity index (χ0) is 11.7. The van der Waals surface area contributed by atoms with Gasteiger partial charge in [0.25, 0.3) is 0 Å². The van der Waals surface area contributed by atoms with Crippen molar-refractivity contribution in [3.05, 3.63) is 0 Å². The smallest absolute Gasteiger partial charge is 0.0810 e. The summed E-state index contributed by atoms with van der Waals surface area (Å²) in [4.78, 5) is 0. The van der Waals surface area contributed by atoms with Crippen molar-refractivity contribution in [2.45, 2.75) is 59.3 Å². The minimum absolute atomic E-state index is 0.668. The molecule has 0 aromatic carbocycles. The Kier molecular flexibility index (Phi) is 1.98. The molecule has 92 valence electrons. The van der Waals surface area contributed by atoms with Gasteiger partial charge in [-0.2, -0.15) is 0 Å². The Morgan fingerprint density at radius 2 is 1.12 bits per heavy atom. The fourth-order valence-corrected chi connectivity index (χ4v) is 7.21. The molecule has 1 nitrogen and oxygen atoms in total. The lowest BCUT2D eigenvalue weighted by atomic mass is 9.36. The van der Waals surface area contributed by atoms with E-state index in [4.69, 9.17) is 0 Å². The molecule has 0 aromatic heterocycles. The summed E-state index contributed by atoms with van der Waals surface area (Å²) in [6.45, 7) is 9.09. The van der Waals surface area contributed by atoms with Gasteiger partial charge < -0.3 is 5.32 Å². The van der Waals surface area contributed by atoms with Crippen molar-refractivity contribution >= 4 is 0 Å². The van der Waals surface area contributed by atoms with Crippen LogP contribution < -0.4 is 5.32 Å². The van der Waals surface area contributed by atoms with Crippen molar-refractivity contribution in [2.75, 3.05) is 13.6 Å². The molecule has 4 fully saturated rings. The van der Waals surface area contributed by atoms with Crippen LogP contribution in [0, 0.1) is 21.7 Å². The molecule has 0 aliphatic heterocycles. The highest BCUT2D eigenvalue weighted by Crippen LogP contribution is 2.73. The number of hydrogen-bond donors (Lipinski definition) is 1. The molecule has 1 heteroatoms. The Morgan fingerprint density at radius 1 is 0.750 bits per heavy atom. The van der Waals surface area contributed by atoms with Crippen LogP contribution in [0.25, 0.3) is 0 Å². The maximum absolute atomic E-state index is 2.57. The van der Waals surface area contributed by atoms with E-state index in [2.05, 4.69) is 33.1 Å². The van der Waals surface area contributed by atoms with Crippen LogP contribution in [0.3, 0.4) is 0 Å². The van der Waals surface area contributed by atoms with E-state index < -0.39 is 0 Å². The Bertz CT molecular complexity index is 266. The largest absolute Gasteiger partial charge is 0.348 e. The van der Waals surface area contributed by atoms with Gasteiger partial charge in [-0.15, -0.1) is 0 Å². The molecule has 2 N–H and O–H groups in total. The molecule has 0 unspecified atom stereocenters. The first-order valence-corrected chi connectivity index (χ1v) is 7.08. The molecule has 0 radical (unpaired) electrons. The molecule has 4 rings (SSSR count). The highest BCUT2D eigenvalue weighted by Gasteiger charge is 2.64. The van der Waals surface area contributed by atoms with E-state index in [1.165, 1.54) is 45.1 Å². The maximum atomic E-state index is 2.57. The summed E-state index contributed by atoms with van der Waals surface area (Å²) in [5.41, 5.74) is 2.69. The molecule has 4 bridgehead atoms. The first-order valence-electron chi connectivity index (χ1n) is 7.08. The topological polar surface area (TPSA) is 16.6 Å². The lowest BCUT2D eigenvalue weighted by Crippen LogP contribution is -2.84. The quantitative estimate of drug-likeness (QED) is 0.739. The van der Waals surface area contributed by atoms with Crippen LogP contribution in [-0.4, -0.2) is 13.6 Å². The molecule has 16 heavy (non-hydrogen) atoms. The van der Waals surface area contributed by atoms with Crippen LogP contribution in [0.1, 0.15) is 59.3 Å². The lowest BCUT2D eigenvalue weighted by Gasteiger charge is -2.68. The third-order valence-corrected chi connectivity index (χ3v) is 5.60. The van der Waals surface area contributed by atoms with E-state index in [0.717, 1.165) is 0 Å². The van der Waals surface area contributed by atoms with Gasteiger partial charge >= 0.3 is 0 Å². The summed E-state index contributed by atoms with van der Waals surface area (Å²) >= 11 is 0.